The largest absolute Gasteiger partial charge is 0.459 e. The van der Waals surface area contributed by atoms with Gasteiger partial charge in [0.15, 0.2) is 0 Å². The molecule has 1 aromatic heterocycles. The number of furan rings is 1. The van der Waals surface area contributed by atoms with Gasteiger partial charge in [-0.2, -0.15) is 5.26 Å². The van der Waals surface area contributed by atoms with Crippen LogP contribution in [0.1, 0.15) is 19.6 Å². The SMILES string of the molecule is CC(C)OC(=O)/C(C#N)=C/c1ccc(-c2ccc(Cl)c(Cl)c2)o1. The first kappa shape index (κ1) is 17.1. The Kier molecular flexibility index (Phi) is 5.49. The van der Waals surface area contributed by atoms with Crippen LogP contribution in [0.5, 0.6) is 0 Å². The fraction of sp³-hybridized carbons (Fsp3) is 0.176. The normalized spacial score (nSPS) is 11.4. The van der Waals surface area contributed by atoms with Crippen molar-refractivity contribution in [2.24, 2.45) is 0 Å². The summed E-state index contributed by atoms with van der Waals surface area (Å²) in [6, 6.07) is 10.3. The van der Waals surface area contributed by atoms with Crippen LogP contribution in [0.3, 0.4) is 0 Å². The van der Waals surface area contributed by atoms with E-state index in [9.17, 15) is 4.79 Å². The molecule has 0 spiro atoms. The molecule has 0 atom stereocenters. The zero-order valence-electron chi connectivity index (χ0n) is 12.5. The standard InChI is InChI=1S/C17H13Cl2NO3/c1-10(2)22-17(21)12(9-20)7-13-4-6-16(23-13)11-3-5-14(18)15(19)8-11/h3-8,10H,1-2H3/b12-7+. The molecule has 2 rings (SSSR count). The van der Waals surface area contributed by atoms with E-state index < -0.39 is 5.97 Å². The highest BCUT2D eigenvalue weighted by Gasteiger charge is 2.14. The fourth-order valence-electron chi connectivity index (χ4n) is 1.79. The van der Waals surface area contributed by atoms with Crippen LogP contribution in [-0.4, -0.2) is 12.1 Å². The van der Waals surface area contributed by atoms with Gasteiger partial charge in [0.25, 0.3) is 0 Å². The second kappa shape index (κ2) is 7.36. The third kappa shape index (κ3) is 4.38. The molecule has 1 heterocycles. The lowest BCUT2D eigenvalue weighted by molar-refractivity contribution is -0.142. The third-order valence-electron chi connectivity index (χ3n) is 2.80. The molecule has 0 unspecified atom stereocenters. The first-order valence-corrected chi connectivity index (χ1v) is 7.54. The second-order valence-corrected chi connectivity index (χ2v) is 5.77. The minimum Gasteiger partial charge on any atom is -0.459 e. The Morgan fingerprint density at radius 1 is 1.26 bits per heavy atom. The molecule has 0 saturated heterocycles. The van der Waals surface area contributed by atoms with Crippen molar-refractivity contribution in [3.05, 3.63) is 51.7 Å². The lowest BCUT2D eigenvalue weighted by Crippen LogP contribution is -2.12. The van der Waals surface area contributed by atoms with Crippen LogP contribution in [0, 0.1) is 11.3 Å². The van der Waals surface area contributed by atoms with E-state index in [2.05, 4.69) is 0 Å². The van der Waals surface area contributed by atoms with E-state index in [1.165, 1.54) is 6.08 Å². The smallest absolute Gasteiger partial charge is 0.349 e. The Morgan fingerprint density at radius 3 is 2.61 bits per heavy atom. The molecule has 0 N–H and O–H groups in total. The van der Waals surface area contributed by atoms with Gasteiger partial charge in [-0.3, -0.25) is 0 Å². The van der Waals surface area contributed by atoms with Crippen LogP contribution < -0.4 is 0 Å². The van der Waals surface area contributed by atoms with E-state index in [-0.39, 0.29) is 11.7 Å². The van der Waals surface area contributed by atoms with E-state index in [1.807, 2.05) is 6.07 Å². The Balaban J connectivity index is 2.27. The maximum absolute atomic E-state index is 11.8. The number of nitrogens with zero attached hydrogens (tertiary/aromatic N) is 1. The molecule has 0 aliphatic rings. The Hall–Kier alpha value is -2.22. The van der Waals surface area contributed by atoms with Crippen molar-refractivity contribution in [3.8, 4) is 17.4 Å². The van der Waals surface area contributed by atoms with Gasteiger partial charge in [-0.1, -0.05) is 23.2 Å². The van der Waals surface area contributed by atoms with Crippen LogP contribution in [0.25, 0.3) is 17.4 Å². The van der Waals surface area contributed by atoms with Gasteiger partial charge in [-0.15, -0.1) is 0 Å². The fourth-order valence-corrected chi connectivity index (χ4v) is 2.09. The highest BCUT2D eigenvalue weighted by atomic mass is 35.5. The molecule has 0 saturated carbocycles. The Bertz CT molecular complexity index is 800. The van der Waals surface area contributed by atoms with E-state index >= 15 is 0 Å². The Morgan fingerprint density at radius 2 is 2.00 bits per heavy atom. The molecular weight excluding hydrogens is 337 g/mol. The van der Waals surface area contributed by atoms with Crippen LogP contribution in [0.4, 0.5) is 0 Å². The van der Waals surface area contributed by atoms with Gasteiger partial charge in [0.05, 0.1) is 16.1 Å². The van der Waals surface area contributed by atoms with Crippen molar-refractivity contribution in [3.63, 3.8) is 0 Å². The van der Waals surface area contributed by atoms with Crippen molar-refractivity contribution in [2.45, 2.75) is 20.0 Å². The van der Waals surface area contributed by atoms with Gasteiger partial charge in [0, 0.05) is 11.6 Å². The quantitative estimate of drug-likeness (QED) is 0.437. The molecule has 23 heavy (non-hydrogen) atoms. The second-order valence-electron chi connectivity index (χ2n) is 4.95. The maximum Gasteiger partial charge on any atom is 0.349 e. The summed E-state index contributed by atoms with van der Waals surface area (Å²) < 4.78 is 10.6. The molecule has 0 amide bonds. The van der Waals surface area contributed by atoms with Crippen LogP contribution in [0.2, 0.25) is 10.0 Å². The van der Waals surface area contributed by atoms with E-state index in [0.717, 1.165) is 5.56 Å². The monoisotopic (exact) mass is 349 g/mol. The molecule has 6 heteroatoms. The van der Waals surface area contributed by atoms with Crippen LogP contribution in [-0.2, 0) is 9.53 Å². The number of esters is 1. The summed E-state index contributed by atoms with van der Waals surface area (Å²) in [5, 5.41) is 9.93. The van der Waals surface area contributed by atoms with Gasteiger partial charge in [0.2, 0.25) is 0 Å². The van der Waals surface area contributed by atoms with Crippen molar-refractivity contribution in [1.29, 1.82) is 5.26 Å². The number of ether oxygens (including phenoxy) is 1. The molecule has 4 nitrogen and oxygen atoms in total. The van der Waals surface area contributed by atoms with Gasteiger partial charge in [-0.25, -0.2) is 4.79 Å². The van der Waals surface area contributed by atoms with Gasteiger partial charge in [0.1, 0.15) is 23.2 Å². The number of nitriles is 1. The van der Waals surface area contributed by atoms with E-state index in [0.29, 0.717) is 21.6 Å². The van der Waals surface area contributed by atoms with Gasteiger partial charge < -0.3 is 9.15 Å². The summed E-state index contributed by atoms with van der Waals surface area (Å²) in [4.78, 5) is 11.8. The molecule has 0 aliphatic carbocycles. The molecular formula is C17H13Cl2NO3. The van der Waals surface area contributed by atoms with E-state index in [1.54, 1.807) is 44.2 Å². The lowest BCUT2D eigenvalue weighted by Gasteiger charge is -2.05. The molecule has 0 fully saturated rings. The van der Waals surface area contributed by atoms with Crippen molar-refractivity contribution < 1.29 is 13.9 Å². The zero-order valence-corrected chi connectivity index (χ0v) is 14.0. The summed E-state index contributed by atoms with van der Waals surface area (Å²) in [5.74, 6) is 0.225. The summed E-state index contributed by atoms with van der Waals surface area (Å²) in [6.45, 7) is 3.42. The zero-order chi connectivity index (χ0) is 17.0. The van der Waals surface area contributed by atoms with Crippen LogP contribution >= 0.6 is 23.2 Å². The third-order valence-corrected chi connectivity index (χ3v) is 3.54. The molecule has 118 valence electrons. The predicted octanol–water partition coefficient (Wildman–Crippen LogP) is 5.11. The number of carbonyl (C=O) groups excluding carboxylic acids is 1. The van der Waals surface area contributed by atoms with Crippen molar-refractivity contribution >= 4 is 35.2 Å². The molecule has 0 radical (unpaired) electrons. The van der Waals surface area contributed by atoms with Crippen molar-refractivity contribution in [2.75, 3.05) is 0 Å². The molecule has 2 aromatic rings. The first-order valence-electron chi connectivity index (χ1n) is 6.78. The Labute approximate surface area is 143 Å². The summed E-state index contributed by atoms with van der Waals surface area (Å²) in [6.07, 6.45) is 1.04. The first-order chi connectivity index (χ1) is 10.9. The maximum atomic E-state index is 11.8. The molecule has 1 aromatic carbocycles. The summed E-state index contributed by atoms with van der Waals surface area (Å²) in [7, 11) is 0. The minimum absolute atomic E-state index is 0.131. The van der Waals surface area contributed by atoms with Gasteiger partial charge >= 0.3 is 5.97 Å². The van der Waals surface area contributed by atoms with Gasteiger partial charge in [-0.05, 0) is 44.2 Å². The number of halogens is 2. The number of rotatable bonds is 4. The molecule has 0 aliphatic heterocycles. The number of hydrogen-bond donors (Lipinski definition) is 0. The number of benzene rings is 1. The topological polar surface area (TPSA) is 63.2 Å². The number of carbonyl (C=O) groups is 1. The average molecular weight is 350 g/mol. The highest BCUT2D eigenvalue weighted by Crippen LogP contribution is 2.30. The summed E-state index contributed by atoms with van der Waals surface area (Å²) in [5.41, 5.74) is 0.607. The highest BCUT2D eigenvalue weighted by molar-refractivity contribution is 6.42. The number of hydrogen-bond acceptors (Lipinski definition) is 4. The minimum atomic E-state index is -0.685. The van der Waals surface area contributed by atoms with E-state index in [4.69, 9.17) is 37.6 Å². The lowest BCUT2D eigenvalue weighted by atomic mass is 10.2. The average Bonchev–Trinajstić information content (AvgIpc) is 2.95. The summed E-state index contributed by atoms with van der Waals surface area (Å²) >= 11 is 11.9. The predicted molar refractivity (Wildman–Crippen MR) is 89.0 cm³/mol. The molecule has 0 bridgehead atoms. The van der Waals surface area contributed by atoms with Crippen LogP contribution in [0.15, 0.2) is 40.3 Å². The van der Waals surface area contributed by atoms with Crippen molar-refractivity contribution in [1.82, 2.24) is 0 Å².